The number of hydrogen-bond acceptors (Lipinski definition) is 14. The zero-order chi connectivity index (χ0) is 45.8. The maximum absolute atomic E-state index is 14.5. The SMILES string of the molecule is CO[C@H]1/C=C/O[C@@]2(C)Oc3c(C)c(O)c4c(O)c(c(/C=N/N=C/N(C)C5CCCCC5)c(O)c4c3C2=O)NC(=O)/C(C)=C\C=C\[C@@H](C)[C@H](O)[C@@H](C)[C@H](O)[C@H](C)[C@H](OC(C)=O)[C@@H]1C. The fourth-order valence-electron chi connectivity index (χ4n) is 8.66. The van der Waals surface area contributed by atoms with Gasteiger partial charge in [0.05, 0.1) is 53.0 Å². The van der Waals surface area contributed by atoms with E-state index in [1.807, 2.05) is 11.9 Å². The molecule has 0 aromatic heterocycles. The molecule has 4 aliphatic rings. The number of anilines is 1. The summed E-state index contributed by atoms with van der Waals surface area (Å²) in [5.74, 6) is -8.58. The van der Waals surface area contributed by atoms with E-state index in [-0.39, 0.29) is 50.5 Å². The number of carbonyl (C=O) groups excluding carboxylic acids is 3. The molecule has 0 radical (unpaired) electrons. The van der Waals surface area contributed by atoms with Crippen LogP contribution in [0.15, 0.2) is 46.3 Å². The van der Waals surface area contributed by atoms with Gasteiger partial charge in [-0.1, -0.05) is 65.2 Å². The van der Waals surface area contributed by atoms with Crippen LogP contribution in [0, 0.1) is 30.6 Å². The smallest absolute Gasteiger partial charge is 0.312 e. The number of esters is 1. The number of benzene rings is 2. The van der Waals surface area contributed by atoms with Gasteiger partial charge in [-0.05, 0) is 32.8 Å². The number of hydrogen-bond donors (Lipinski definition) is 6. The largest absolute Gasteiger partial charge is 0.507 e. The number of phenolic OH excluding ortho intramolecular Hbond substituents is 3. The number of nitrogens with one attached hydrogen (secondary N) is 1. The lowest BCUT2D eigenvalue weighted by Gasteiger charge is -2.38. The fraction of sp³-hybridized carbons (Fsp3) is 0.543. The highest BCUT2D eigenvalue weighted by molar-refractivity contribution is 6.23. The number of ketones is 1. The van der Waals surface area contributed by atoms with Gasteiger partial charge in [0.1, 0.15) is 29.7 Å². The summed E-state index contributed by atoms with van der Waals surface area (Å²) in [6.45, 7) is 12.5. The number of methoxy groups -OCH3 is 1. The van der Waals surface area contributed by atoms with Crippen molar-refractivity contribution in [3.63, 3.8) is 0 Å². The summed E-state index contributed by atoms with van der Waals surface area (Å²) < 4.78 is 23.6. The Hall–Kier alpha value is -5.45. The van der Waals surface area contributed by atoms with Crippen molar-refractivity contribution in [1.82, 2.24) is 4.90 Å². The third-order valence-corrected chi connectivity index (χ3v) is 12.7. The summed E-state index contributed by atoms with van der Waals surface area (Å²) in [6.07, 6.45) is 11.6. The van der Waals surface area contributed by atoms with Crippen LogP contribution < -0.4 is 10.1 Å². The lowest BCUT2D eigenvalue weighted by Crippen LogP contribution is -2.46. The molecule has 5 bridgehead atoms. The number of allylic oxidation sites excluding steroid dienone is 2. The van der Waals surface area contributed by atoms with E-state index in [1.165, 1.54) is 59.6 Å². The Balaban J connectivity index is 1.68. The number of nitrogens with zero attached hydrogens (tertiary/aromatic N) is 3. The van der Waals surface area contributed by atoms with Crippen molar-refractivity contribution in [1.29, 1.82) is 0 Å². The number of aromatic hydroxyl groups is 3. The van der Waals surface area contributed by atoms with Crippen LogP contribution in [0.25, 0.3) is 10.8 Å². The van der Waals surface area contributed by atoms with Gasteiger partial charge >= 0.3 is 11.8 Å². The average Bonchev–Trinajstić information content (AvgIpc) is 3.51. The first-order valence-electron chi connectivity index (χ1n) is 21.1. The third kappa shape index (κ3) is 9.62. The molecule has 1 aliphatic carbocycles. The predicted octanol–water partition coefficient (Wildman–Crippen LogP) is 6.38. The maximum atomic E-state index is 14.5. The third-order valence-electron chi connectivity index (χ3n) is 12.7. The minimum Gasteiger partial charge on any atom is -0.507 e. The molecule has 6 N–H and O–H groups in total. The van der Waals surface area contributed by atoms with E-state index in [0.29, 0.717) is 0 Å². The molecular formula is C46H62N4O12. The summed E-state index contributed by atoms with van der Waals surface area (Å²) in [6, 6.07) is 0.286. The average molecular weight is 863 g/mol. The van der Waals surface area contributed by atoms with E-state index in [1.54, 1.807) is 46.2 Å². The summed E-state index contributed by atoms with van der Waals surface area (Å²) in [5, 5.41) is 68.9. The number of phenols is 3. The van der Waals surface area contributed by atoms with Gasteiger partial charge in [-0.15, -0.1) is 5.10 Å². The van der Waals surface area contributed by atoms with Crippen molar-refractivity contribution in [3.8, 4) is 23.0 Å². The first kappa shape index (κ1) is 47.6. The summed E-state index contributed by atoms with van der Waals surface area (Å²) in [5.41, 5.74) is -0.552. The van der Waals surface area contributed by atoms with E-state index in [2.05, 4.69) is 15.5 Å². The molecule has 62 heavy (non-hydrogen) atoms. The molecule has 2 aromatic rings. The number of aliphatic hydroxyl groups excluding tert-OH is 2. The molecule has 0 saturated heterocycles. The van der Waals surface area contributed by atoms with Crippen LogP contribution in [0.5, 0.6) is 23.0 Å². The molecule has 0 unspecified atom stereocenters. The Kier molecular flexibility index (Phi) is 15.1. The lowest BCUT2D eigenvalue weighted by atomic mass is 9.78. The van der Waals surface area contributed by atoms with Gasteiger partial charge in [0.15, 0.2) is 5.75 Å². The van der Waals surface area contributed by atoms with Crippen LogP contribution in [0.2, 0.25) is 0 Å². The van der Waals surface area contributed by atoms with E-state index < -0.39 is 88.8 Å². The number of Topliss-reactive ketones (excluding diaryl/α,β-unsaturated/α-hetero) is 1. The van der Waals surface area contributed by atoms with Crippen molar-refractivity contribution < 1.29 is 58.9 Å². The van der Waals surface area contributed by atoms with Crippen molar-refractivity contribution >= 4 is 46.7 Å². The van der Waals surface area contributed by atoms with Crippen molar-refractivity contribution in [2.45, 2.75) is 124 Å². The molecule has 1 saturated carbocycles. The van der Waals surface area contributed by atoms with Crippen LogP contribution in [-0.4, -0.2) is 111 Å². The monoisotopic (exact) mass is 862 g/mol. The van der Waals surface area contributed by atoms with Gasteiger partial charge in [-0.3, -0.25) is 14.4 Å². The number of carbonyl (C=O) groups is 3. The number of rotatable bonds is 6. The van der Waals surface area contributed by atoms with Crippen LogP contribution in [-0.2, 0) is 23.8 Å². The molecule has 2 aromatic carbocycles. The minimum atomic E-state index is -2.06. The van der Waals surface area contributed by atoms with Crippen LogP contribution in [0.3, 0.4) is 0 Å². The quantitative estimate of drug-likeness (QED) is 0.0463. The molecule has 16 nitrogen and oxygen atoms in total. The number of amides is 1. The molecule has 0 spiro atoms. The van der Waals surface area contributed by atoms with E-state index >= 15 is 0 Å². The van der Waals surface area contributed by atoms with Crippen LogP contribution >= 0.6 is 0 Å². The second kappa shape index (κ2) is 19.7. The normalized spacial score (nSPS) is 31.1. The van der Waals surface area contributed by atoms with E-state index in [9.17, 15) is 39.9 Å². The van der Waals surface area contributed by atoms with Crippen LogP contribution in [0.4, 0.5) is 5.69 Å². The Bertz CT molecular complexity index is 2180. The number of ether oxygens (including phenoxy) is 4. The Labute approximate surface area is 362 Å². The van der Waals surface area contributed by atoms with Gasteiger partial charge in [0, 0.05) is 74.2 Å². The first-order chi connectivity index (χ1) is 29.2. The van der Waals surface area contributed by atoms with Gasteiger partial charge in [0.25, 0.3) is 11.7 Å². The van der Waals surface area contributed by atoms with Crippen molar-refractivity contribution in [2.75, 3.05) is 19.5 Å². The zero-order valence-corrected chi connectivity index (χ0v) is 37.2. The second-order valence-corrected chi connectivity index (χ2v) is 17.1. The Morgan fingerprint density at radius 3 is 2.26 bits per heavy atom. The van der Waals surface area contributed by atoms with Gasteiger partial charge < -0.3 is 54.7 Å². The van der Waals surface area contributed by atoms with Gasteiger partial charge in [0.2, 0.25) is 0 Å². The minimum absolute atomic E-state index is 0.0401. The molecule has 1 amide bonds. The fourth-order valence-corrected chi connectivity index (χ4v) is 8.66. The second-order valence-electron chi connectivity index (χ2n) is 17.1. The van der Waals surface area contributed by atoms with Gasteiger partial charge in [-0.2, -0.15) is 5.10 Å². The molecule has 3 aliphatic heterocycles. The van der Waals surface area contributed by atoms with Crippen molar-refractivity contribution in [3.05, 3.63) is 52.8 Å². The summed E-state index contributed by atoms with van der Waals surface area (Å²) in [7, 11) is 3.33. The van der Waals surface area contributed by atoms with E-state index in [0.717, 1.165) is 31.9 Å². The molecule has 6 rings (SSSR count). The standard InChI is InChI=1S/C46H62N4O12/c1-23-15-14-16-24(2)45(58)49-36-31(21-47-48-22-50(9)30-17-12-11-13-18-30)40(55)33-34(41(36)56)39(54)28(6)43-35(33)44(57)46(8,62-43)60-20-19-32(59-10)25(3)42(61-29(7)51)27(5)38(53)26(4)37(23)52/h14-16,19-23,25-27,30,32,37-38,42,52-56H,11-13,17-18H2,1-10H3,(H,49,58)/b15-14+,20-19+,24-16-,47-21+,48-22+/t23-,25-,26-,27+,32+,37+,38+,42-,46+/m1/s1. The maximum Gasteiger partial charge on any atom is 0.312 e. The predicted molar refractivity (Wildman–Crippen MR) is 235 cm³/mol. The topological polar surface area (TPSA) is 229 Å². The highest BCUT2D eigenvalue weighted by Crippen LogP contribution is 2.55. The molecular weight excluding hydrogens is 801 g/mol. The zero-order valence-electron chi connectivity index (χ0n) is 37.2. The molecule has 16 heteroatoms. The van der Waals surface area contributed by atoms with Gasteiger partial charge in [-0.25, -0.2) is 0 Å². The van der Waals surface area contributed by atoms with E-state index in [4.69, 9.17) is 18.9 Å². The molecule has 9 atom stereocenters. The number of fused-ring (bicyclic) bond motifs is 14. The lowest BCUT2D eigenvalue weighted by molar-refractivity contribution is -0.160. The number of aliphatic hydroxyl groups is 2. The highest BCUT2D eigenvalue weighted by Gasteiger charge is 2.50. The first-order valence-corrected chi connectivity index (χ1v) is 21.1. The summed E-state index contributed by atoms with van der Waals surface area (Å²) in [4.78, 5) is 42.5. The van der Waals surface area contributed by atoms with Crippen molar-refractivity contribution in [2.24, 2.45) is 33.9 Å². The highest BCUT2D eigenvalue weighted by atomic mass is 16.7. The Morgan fingerprint density at radius 1 is 0.935 bits per heavy atom. The molecule has 3 heterocycles. The summed E-state index contributed by atoms with van der Waals surface area (Å²) >= 11 is 0. The molecule has 1 fully saturated rings. The molecule has 338 valence electrons. The van der Waals surface area contributed by atoms with Crippen LogP contribution in [0.1, 0.15) is 102 Å². The Morgan fingerprint density at radius 2 is 1.61 bits per heavy atom.